The van der Waals surface area contributed by atoms with Crippen molar-refractivity contribution in [3.05, 3.63) is 99.1 Å². The van der Waals surface area contributed by atoms with Crippen LogP contribution in [0.15, 0.2) is 65.7 Å². The average molecular weight is 505 g/mol. The van der Waals surface area contributed by atoms with Crippen LogP contribution in [0.2, 0.25) is 0 Å². The largest absolute Gasteiger partial charge is 0.417 e. The molecule has 5 aromatic rings. The van der Waals surface area contributed by atoms with Crippen LogP contribution in [0.3, 0.4) is 0 Å². The summed E-state index contributed by atoms with van der Waals surface area (Å²) >= 11 is 1.28. The molecule has 9 heteroatoms. The Kier molecular flexibility index (Phi) is 5.77. The number of thiophene rings is 1. The molecule has 0 unspecified atom stereocenters. The Morgan fingerprint density at radius 2 is 1.83 bits per heavy atom. The number of halogens is 3. The number of pyridine rings is 1. The topological polar surface area (TPSA) is 74.5 Å². The van der Waals surface area contributed by atoms with E-state index in [1.165, 1.54) is 22.0 Å². The number of imidazole rings is 1. The Bertz CT molecular complexity index is 1720. The number of H-pyrrole nitrogens is 1. The smallest absolute Gasteiger partial charge is 0.345 e. The predicted octanol–water partition coefficient (Wildman–Crippen LogP) is 6.68. The molecule has 0 radical (unpaired) electrons. The average Bonchev–Trinajstić information content (AvgIpc) is 3.50. The summed E-state index contributed by atoms with van der Waals surface area (Å²) < 4.78 is 42.8. The first-order valence-electron chi connectivity index (χ1n) is 11.0. The molecule has 3 heterocycles. The van der Waals surface area contributed by atoms with Gasteiger partial charge in [0.2, 0.25) is 0 Å². The van der Waals surface area contributed by atoms with Crippen molar-refractivity contribution in [2.45, 2.75) is 26.6 Å². The standard InChI is InChI=1S/C27H19F3N4OS/c1-15-3-4-18(16(2)9-15)13-34-23(11-20(27(28,29)30)19(12-31)26(34)35)25-8-7-24(36-25)17-5-6-21-22(10-17)33-14-32-21/h3-11,14H,13H2,1-2H3,(H,32,33). The third kappa shape index (κ3) is 4.20. The first kappa shape index (κ1) is 23.6. The van der Waals surface area contributed by atoms with Crippen LogP contribution in [-0.2, 0) is 12.7 Å². The van der Waals surface area contributed by atoms with Gasteiger partial charge in [-0.2, -0.15) is 18.4 Å². The third-order valence-electron chi connectivity index (χ3n) is 6.11. The van der Waals surface area contributed by atoms with Gasteiger partial charge in [-0.15, -0.1) is 11.3 Å². The molecule has 0 aliphatic heterocycles. The van der Waals surface area contributed by atoms with Crippen LogP contribution < -0.4 is 5.56 Å². The van der Waals surface area contributed by atoms with E-state index in [-0.39, 0.29) is 12.2 Å². The Hall–Kier alpha value is -4.16. The second-order valence-electron chi connectivity index (χ2n) is 8.55. The number of hydrogen-bond acceptors (Lipinski definition) is 4. The maximum absolute atomic E-state index is 13.9. The number of nitriles is 1. The summed E-state index contributed by atoms with van der Waals surface area (Å²) in [6, 6.07) is 17.3. The van der Waals surface area contributed by atoms with E-state index >= 15 is 0 Å². The molecule has 180 valence electrons. The van der Waals surface area contributed by atoms with E-state index in [4.69, 9.17) is 0 Å². The minimum Gasteiger partial charge on any atom is -0.345 e. The maximum atomic E-state index is 13.9. The van der Waals surface area contributed by atoms with Gasteiger partial charge in [-0.3, -0.25) is 4.79 Å². The fourth-order valence-corrected chi connectivity index (χ4v) is 5.28. The van der Waals surface area contributed by atoms with Crippen molar-refractivity contribution < 1.29 is 13.2 Å². The van der Waals surface area contributed by atoms with Crippen molar-refractivity contribution in [3.8, 4) is 27.1 Å². The number of aromatic nitrogens is 3. The molecule has 0 aliphatic rings. The first-order chi connectivity index (χ1) is 17.2. The Balaban J connectivity index is 1.69. The molecule has 0 aliphatic carbocycles. The fraction of sp³-hybridized carbons (Fsp3) is 0.148. The van der Waals surface area contributed by atoms with Gasteiger partial charge in [0.05, 0.1) is 40.0 Å². The minimum absolute atomic E-state index is 0.0412. The number of fused-ring (bicyclic) bond motifs is 1. The lowest BCUT2D eigenvalue weighted by atomic mass is 10.0. The van der Waals surface area contributed by atoms with Gasteiger partial charge in [0, 0.05) is 4.88 Å². The van der Waals surface area contributed by atoms with Crippen LogP contribution in [0.5, 0.6) is 0 Å². The predicted molar refractivity (Wildman–Crippen MR) is 134 cm³/mol. The summed E-state index contributed by atoms with van der Waals surface area (Å²) in [4.78, 5) is 21.9. The number of benzene rings is 2. The van der Waals surface area contributed by atoms with E-state index in [0.29, 0.717) is 4.88 Å². The molecule has 3 aromatic heterocycles. The number of aromatic amines is 1. The fourth-order valence-electron chi connectivity index (χ4n) is 4.25. The lowest BCUT2D eigenvalue weighted by Crippen LogP contribution is -2.28. The maximum Gasteiger partial charge on any atom is 0.417 e. The quantitative estimate of drug-likeness (QED) is 0.297. The van der Waals surface area contributed by atoms with Crippen LogP contribution in [0, 0.1) is 25.2 Å². The van der Waals surface area contributed by atoms with Crippen LogP contribution in [0.4, 0.5) is 13.2 Å². The van der Waals surface area contributed by atoms with Crippen molar-refractivity contribution in [1.29, 1.82) is 5.26 Å². The zero-order valence-electron chi connectivity index (χ0n) is 19.3. The highest BCUT2D eigenvalue weighted by Gasteiger charge is 2.36. The van der Waals surface area contributed by atoms with Gasteiger partial charge < -0.3 is 9.55 Å². The van der Waals surface area contributed by atoms with Crippen LogP contribution >= 0.6 is 11.3 Å². The molecule has 2 aromatic carbocycles. The van der Waals surface area contributed by atoms with Crippen LogP contribution in [0.1, 0.15) is 27.8 Å². The van der Waals surface area contributed by atoms with E-state index in [2.05, 4.69) is 9.97 Å². The van der Waals surface area contributed by atoms with Crippen LogP contribution in [-0.4, -0.2) is 14.5 Å². The second-order valence-corrected chi connectivity index (χ2v) is 9.63. The molecule has 5 nitrogen and oxygen atoms in total. The summed E-state index contributed by atoms with van der Waals surface area (Å²) in [5.41, 5.74) is 2.25. The van der Waals surface area contributed by atoms with Crippen molar-refractivity contribution >= 4 is 22.4 Å². The Morgan fingerprint density at radius 3 is 2.56 bits per heavy atom. The number of alkyl halides is 3. The van der Waals surface area contributed by atoms with Crippen LogP contribution in [0.25, 0.3) is 32.0 Å². The molecule has 0 atom stereocenters. The molecule has 0 fully saturated rings. The van der Waals surface area contributed by atoms with Gasteiger partial charge in [0.1, 0.15) is 11.6 Å². The van der Waals surface area contributed by atoms with Gasteiger partial charge in [-0.25, -0.2) is 4.98 Å². The van der Waals surface area contributed by atoms with E-state index < -0.39 is 22.9 Å². The molecule has 0 bridgehead atoms. The third-order valence-corrected chi connectivity index (χ3v) is 7.27. The van der Waals surface area contributed by atoms with Crippen molar-refractivity contribution in [1.82, 2.24) is 14.5 Å². The molecule has 0 saturated heterocycles. The Labute approximate surface area is 208 Å². The SMILES string of the molecule is Cc1ccc(Cn2c(-c3ccc(-c4ccc5[nH]cnc5c4)s3)cc(C(F)(F)F)c(C#N)c2=O)c(C)c1. The highest BCUT2D eigenvalue weighted by Crippen LogP contribution is 2.38. The van der Waals surface area contributed by atoms with Gasteiger partial charge in [0.25, 0.3) is 5.56 Å². The zero-order chi connectivity index (χ0) is 25.6. The number of nitrogens with one attached hydrogen (secondary N) is 1. The number of aryl methyl sites for hydroxylation is 2. The second kappa shape index (κ2) is 8.81. The van der Waals surface area contributed by atoms with Crippen molar-refractivity contribution in [3.63, 3.8) is 0 Å². The highest BCUT2D eigenvalue weighted by molar-refractivity contribution is 7.18. The highest BCUT2D eigenvalue weighted by atomic mass is 32.1. The zero-order valence-corrected chi connectivity index (χ0v) is 20.1. The summed E-state index contributed by atoms with van der Waals surface area (Å²) in [6.07, 6.45) is -3.25. The van der Waals surface area contributed by atoms with Gasteiger partial charge in [0.15, 0.2) is 0 Å². The summed E-state index contributed by atoms with van der Waals surface area (Å²) in [6.45, 7) is 3.87. The first-order valence-corrected chi connectivity index (χ1v) is 11.8. The summed E-state index contributed by atoms with van der Waals surface area (Å²) in [5.74, 6) is 0. The van der Waals surface area contributed by atoms with Gasteiger partial charge >= 0.3 is 6.18 Å². The molecular weight excluding hydrogens is 485 g/mol. The normalized spacial score (nSPS) is 11.7. The number of rotatable bonds is 4. The summed E-state index contributed by atoms with van der Waals surface area (Å²) in [5, 5.41) is 9.46. The van der Waals surface area contributed by atoms with E-state index in [0.717, 1.165) is 44.2 Å². The molecule has 5 rings (SSSR count). The molecule has 1 N–H and O–H groups in total. The van der Waals surface area contributed by atoms with Crippen molar-refractivity contribution in [2.75, 3.05) is 0 Å². The van der Waals surface area contributed by atoms with Gasteiger partial charge in [-0.1, -0.05) is 29.8 Å². The number of nitrogens with zero attached hydrogens (tertiary/aromatic N) is 3. The van der Waals surface area contributed by atoms with E-state index in [1.807, 2.05) is 56.3 Å². The minimum atomic E-state index is -4.84. The molecular formula is C27H19F3N4OS. The lowest BCUT2D eigenvalue weighted by Gasteiger charge is -2.18. The van der Waals surface area contributed by atoms with Crippen molar-refractivity contribution in [2.24, 2.45) is 0 Å². The Morgan fingerprint density at radius 1 is 1.06 bits per heavy atom. The summed E-state index contributed by atoms with van der Waals surface area (Å²) in [7, 11) is 0. The lowest BCUT2D eigenvalue weighted by molar-refractivity contribution is -0.137. The molecule has 36 heavy (non-hydrogen) atoms. The number of hydrogen-bond donors (Lipinski definition) is 1. The molecule has 0 amide bonds. The molecule has 0 saturated carbocycles. The van der Waals surface area contributed by atoms with Gasteiger partial charge in [-0.05, 0) is 60.9 Å². The monoisotopic (exact) mass is 504 g/mol. The van der Waals surface area contributed by atoms with E-state index in [1.54, 1.807) is 12.4 Å². The molecule has 0 spiro atoms. The van der Waals surface area contributed by atoms with E-state index in [9.17, 15) is 23.2 Å².